The first-order chi connectivity index (χ1) is 8.33. The summed E-state index contributed by atoms with van der Waals surface area (Å²) in [5.41, 5.74) is -0.163. The van der Waals surface area contributed by atoms with Gasteiger partial charge in [-0.25, -0.2) is 0 Å². The molecule has 0 saturated carbocycles. The maximum absolute atomic E-state index is 4.50. The Bertz CT molecular complexity index is 519. The fourth-order valence-corrected chi connectivity index (χ4v) is 12.6. The average molecular weight is 312 g/mol. The molecule has 2 aromatic rings. The largest absolute Gasteiger partial charge is 0.142 e. The highest BCUT2D eigenvalue weighted by Gasteiger charge is 2.24. The summed E-state index contributed by atoms with van der Waals surface area (Å²) in [6.45, 7) is 0. The molecule has 0 atom stereocenters. The molecule has 0 saturated heterocycles. The molecular formula is C12H9PS4. The predicted octanol–water partition coefficient (Wildman–Crippen LogP) is 6.19. The van der Waals surface area contributed by atoms with Crippen LogP contribution in [0.15, 0.2) is 68.1 Å². The second-order valence-corrected chi connectivity index (χ2v) is 13.2. The minimum atomic E-state index is -0.163. The van der Waals surface area contributed by atoms with Gasteiger partial charge in [-0.2, -0.15) is 0 Å². The van der Waals surface area contributed by atoms with E-state index in [1.807, 2.05) is 40.2 Å². The van der Waals surface area contributed by atoms with Crippen molar-refractivity contribution < 1.29 is 0 Å². The van der Waals surface area contributed by atoms with E-state index >= 15 is 0 Å². The zero-order chi connectivity index (χ0) is 11.7. The minimum absolute atomic E-state index is 0.163. The van der Waals surface area contributed by atoms with Crippen LogP contribution in [-0.2, 0) is 0 Å². The molecule has 86 valence electrons. The molecule has 0 unspecified atom stereocenters. The number of benzene rings is 2. The van der Waals surface area contributed by atoms with Gasteiger partial charge in [0.1, 0.15) is 0 Å². The van der Waals surface area contributed by atoms with E-state index in [9.17, 15) is 0 Å². The molecule has 0 spiro atoms. The van der Waals surface area contributed by atoms with Crippen molar-refractivity contribution in [2.24, 2.45) is 0 Å². The van der Waals surface area contributed by atoms with Gasteiger partial charge in [0.2, 0.25) is 0 Å². The first-order valence-corrected chi connectivity index (χ1v) is 11.1. The normalized spacial score (nSPS) is 14.9. The molecule has 0 radical (unpaired) electrons. The van der Waals surface area contributed by atoms with Gasteiger partial charge in [0, 0.05) is 19.6 Å². The van der Waals surface area contributed by atoms with Crippen LogP contribution in [0.25, 0.3) is 0 Å². The molecule has 0 bridgehead atoms. The fourth-order valence-electron chi connectivity index (χ4n) is 1.43. The van der Waals surface area contributed by atoms with Crippen molar-refractivity contribution in [2.75, 3.05) is 0 Å². The zero-order valence-corrected chi connectivity index (χ0v) is 13.0. The van der Waals surface area contributed by atoms with Crippen LogP contribution in [0.5, 0.6) is 0 Å². The van der Waals surface area contributed by atoms with Crippen molar-refractivity contribution in [3.8, 4) is 0 Å². The van der Waals surface area contributed by atoms with Crippen molar-refractivity contribution in [1.82, 2.24) is 0 Å². The SMILES string of the molecule is Sc1ccccc1SP1Sc2ccccc2S1. The highest BCUT2D eigenvalue weighted by Crippen LogP contribution is 2.81. The number of hydrogen-bond donors (Lipinski definition) is 1. The summed E-state index contributed by atoms with van der Waals surface area (Å²) >= 11 is 10.4. The maximum Gasteiger partial charge on any atom is 0.0877 e. The first kappa shape index (κ1) is 12.3. The molecule has 0 aromatic heterocycles. The van der Waals surface area contributed by atoms with E-state index in [0.29, 0.717) is 0 Å². The highest BCUT2D eigenvalue weighted by atomic mass is 33.4. The van der Waals surface area contributed by atoms with Gasteiger partial charge in [0.15, 0.2) is 0 Å². The molecule has 2 aromatic carbocycles. The third-order valence-corrected chi connectivity index (χ3v) is 12.1. The van der Waals surface area contributed by atoms with Gasteiger partial charge in [-0.05, 0) is 24.3 Å². The monoisotopic (exact) mass is 312 g/mol. The lowest BCUT2D eigenvalue weighted by Gasteiger charge is -2.08. The Morgan fingerprint density at radius 1 is 0.882 bits per heavy atom. The van der Waals surface area contributed by atoms with Crippen molar-refractivity contribution in [1.29, 1.82) is 0 Å². The topological polar surface area (TPSA) is 0 Å². The van der Waals surface area contributed by atoms with Gasteiger partial charge in [-0.15, -0.1) is 12.6 Å². The molecule has 1 heterocycles. The minimum Gasteiger partial charge on any atom is -0.142 e. The molecule has 0 aliphatic carbocycles. The molecule has 1 aliphatic rings. The van der Waals surface area contributed by atoms with Crippen LogP contribution in [0.2, 0.25) is 0 Å². The van der Waals surface area contributed by atoms with E-state index in [4.69, 9.17) is 0 Å². The second-order valence-electron chi connectivity index (χ2n) is 3.41. The van der Waals surface area contributed by atoms with Gasteiger partial charge in [-0.3, -0.25) is 0 Å². The summed E-state index contributed by atoms with van der Waals surface area (Å²) in [4.78, 5) is 5.22. The molecule has 0 N–H and O–H groups in total. The maximum atomic E-state index is 4.50. The molecule has 1 aliphatic heterocycles. The van der Waals surface area contributed by atoms with E-state index in [2.05, 4.69) is 55.1 Å². The lowest BCUT2D eigenvalue weighted by atomic mass is 10.4. The summed E-state index contributed by atoms with van der Waals surface area (Å²) in [6.07, 6.45) is 0. The number of thiol groups is 1. The second kappa shape index (κ2) is 5.50. The number of hydrogen-bond acceptors (Lipinski definition) is 4. The third kappa shape index (κ3) is 2.82. The van der Waals surface area contributed by atoms with Crippen molar-refractivity contribution in [2.45, 2.75) is 19.6 Å². The van der Waals surface area contributed by atoms with Crippen LogP contribution >= 0.6 is 52.3 Å². The van der Waals surface area contributed by atoms with Crippen LogP contribution in [-0.4, -0.2) is 0 Å². The van der Waals surface area contributed by atoms with E-state index in [1.165, 1.54) is 14.7 Å². The molecule has 5 heteroatoms. The van der Waals surface area contributed by atoms with Gasteiger partial charge in [0.25, 0.3) is 0 Å². The molecule has 3 rings (SSSR count). The van der Waals surface area contributed by atoms with E-state index < -0.39 is 0 Å². The quantitative estimate of drug-likeness (QED) is 0.519. The average Bonchev–Trinajstić information content (AvgIpc) is 2.74. The van der Waals surface area contributed by atoms with Gasteiger partial charge in [0.05, 0.1) is 5.53 Å². The Morgan fingerprint density at radius 2 is 1.47 bits per heavy atom. The van der Waals surface area contributed by atoms with Crippen molar-refractivity contribution in [3.05, 3.63) is 48.5 Å². The molecule has 0 fully saturated rings. The lowest BCUT2D eigenvalue weighted by Crippen LogP contribution is -1.69. The molecular weight excluding hydrogens is 303 g/mol. The van der Waals surface area contributed by atoms with Gasteiger partial charge >= 0.3 is 0 Å². The van der Waals surface area contributed by atoms with E-state index in [1.54, 1.807) is 0 Å². The van der Waals surface area contributed by atoms with Crippen LogP contribution in [0.1, 0.15) is 0 Å². The summed E-state index contributed by atoms with van der Waals surface area (Å²) in [7, 11) is 0. The summed E-state index contributed by atoms with van der Waals surface area (Å²) in [5.74, 6) is 0. The molecule has 0 nitrogen and oxygen atoms in total. The zero-order valence-electron chi connectivity index (χ0n) is 8.74. The Morgan fingerprint density at radius 3 is 2.12 bits per heavy atom. The fraction of sp³-hybridized carbons (Fsp3) is 0. The Balaban J connectivity index is 1.76. The predicted molar refractivity (Wildman–Crippen MR) is 84.6 cm³/mol. The summed E-state index contributed by atoms with van der Waals surface area (Å²) < 4.78 is 0. The van der Waals surface area contributed by atoms with E-state index in [0.717, 1.165) is 4.90 Å². The van der Waals surface area contributed by atoms with Gasteiger partial charge < -0.3 is 0 Å². The Hall–Kier alpha value is 0.270. The van der Waals surface area contributed by atoms with Crippen molar-refractivity contribution >= 4 is 52.3 Å². The van der Waals surface area contributed by atoms with Crippen LogP contribution in [0.3, 0.4) is 0 Å². The smallest absolute Gasteiger partial charge is 0.0877 e. The number of fused-ring (bicyclic) bond motifs is 1. The van der Waals surface area contributed by atoms with Crippen LogP contribution in [0.4, 0.5) is 0 Å². The van der Waals surface area contributed by atoms with E-state index in [-0.39, 0.29) is 5.53 Å². The molecule has 17 heavy (non-hydrogen) atoms. The summed E-state index contributed by atoms with van der Waals surface area (Å²) in [6, 6.07) is 17.0. The standard InChI is InChI=1S/C12H9PS4/c14-9-5-1-2-6-10(9)15-13-16-11-7-3-4-8-12(11)17-13/h1-8,14H. The Kier molecular flexibility index (Phi) is 3.98. The lowest BCUT2D eigenvalue weighted by molar-refractivity contribution is 1.27. The number of rotatable bonds is 2. The summed E-state index contributed by atoms with van der Waals surface area (Å²) in [5, 5.41) is 0. The van der Waals surface area contributed by atoms with Gasteiger partial charge in [-0.1, -0.05) is 58.4 Å². The highest BCUT2D eigenvalue weighted by molar-refractivity contribution is 9.13. The Labute approximate surface area is 120 Å². The van der Waals surface area contributed by atoms with Crippen LogP contribution in [0, 0.1) is 0 Å². The third-order valence-electron chi connectivity index (χ3n) is 2.23. The first-order valence-electron chi connectivity index (χ1n) is 5.04. The van der Waals surface area contributed by atoms with Crippen molar-refractivity contribution in [3.63, 3.8) is 0 Å². The van der Waals surface area contributed by atoms with Crippen LogP contribution < -0.4 is 0 Å². The molecule has 0 amide bonds.